The number of nitrogens with zero attached hydrogens (tertiary/aromatic N) is 1. The monoisotopic (exact) mass is 375 g/mol. The fourth-order valence-electron chi connectivity index (χ4n) is 2.98. The maximum atomic E-state index is 10.6. The van der Waals surface area contributed by atoms with E-state index < -0.39 is 5.97 Å². The summed E-state index contributed by atoms with van der Waals surface area (Å²) in [5.41, 5.74) is 5.31. The molecule has 0 saturated carbocycles. The highest BCUT2D eigenvalue weighted by Gasteiger charge is 2.08. The van der Waals surface area contributed by atoms with E-state index in [0.29, 0.717) is 18.9 Å². The number of carbonyl (C=O) groups is 1. The van der Waals surface area contributed by atoms with Crippen molar-refractivity contribution in [3.63, 3.8) is 0 Å². The predicted molar refractivity (Wildman–Crippen MR) is 111 cm³/mol. The number of hydrogen-bond donors (Lipinski definition) is 1. The summed E-state index contributed by atoms with van der Waals surface area (Å²) in [4.78, 5) is 15.3. The minimum Gasteiger partial charge on any atom is -0.481 e. The van der Waals surface area contributed by atoms with E-state index in [9.17, 15) is 4.79 Å². The molecule has 0 spiro atoms. The van der Waals surface area contributed by atoms with Gasteiger partial charge in [0.2, 0.25) is 5.88 Å². The van der Waals surface area contributed by atoms with Crippen LogP contribution in [-0.2, 0) is 4.79 Å². The quantitative estimate of drug-likeness (QED) is 0.484. The van der Waals surface area contributed by atoms with Gasteiger partial charge in [0.25, 0.3) is 0 Å². The van der Waals surface area contributed by atoms with E-state index >= 15 is 0 Å². The van der Waals surface area contributed by atoms with Gasteiger partial charge in [-0.2, -0.15) is 0 Å². The van der Waals surface area contributed by atoms with E-state index in [1.807, 2.05) is 24.3 Å². The predicted octanol–water partition coefficient (Wildman–Crippen LogP) is 5.75. The van der Waals surface area contributed by atoms with Crippen molar-refractivity contribution < 1.29 is 14.6 Å². The van der Waals surface area contributed by atoms with Crippen LogP contribution in [0.1, 0.15) is 31.2 Å². The van der Waals surface area contributed by atoms with Gasteiger partial charge in [-0.05, 0) is 43.4 Å². The topological polar surface area (TPSA) is 59.4 Å². The Hall–Kier alpha value is -3.14. The fourth-order valence-corrected chi connectivity index (χ4v) is 2.98. The SMILES string of the molecule is Cc1ccc(-c2cc(-c3ccccc3)cc(OCCCCCC(=O)O)n2)cc1. The molecule has 0 unspecified atom stereocenters. The Labute approximate surface area is 165 Å². The summed E-state index contributed by atoms with van der Waals surface area (Å²) in [7, 11) is 0. The van der Waals surface area contributed by atoms with Gasteiger partial charge in [-0.25, -0.2) is 4.98 Å². The number of benzene rings is 2. The number of aryl methyl sites for hydroxylation is 1. The van der Waals surface area contributed by atoms with Gasteiger partial charge in [0.1, 0.15) is 0 Å². The summed E-state index contributed by atoms with van der Waals surface area (Å²) in [6.07, 6.45) is 2.52. The van der Waals surface area contributed by atoms with Gasteiger partial charge in [-0.1, -0.05) is 60.2 Å². The van der Waals surface area contributed by atoms with Crippen molar-refractivity contribution in [1.29, 1.82) is 0 Å². The summed E-state index contributed by atoms with van der Waals surface area (Å²) in [5, 5.41) is 8.70. The summed E-state index contributed by atoms with van der Waals surface area (Å²) in [5.74, 6) is -0.156. The molecule has 4 nitrogen and oxygen atoms in total. The molecule has 144 valence electrons. The Balaban J connectivity index is 1.77. The van der Waals surface area contributed by atoms with Crippen molar-refractivity contribution in [2.24, 2.45) is 0 Å². The molecule has 28 heavy (non-hydrogen) atoms. The lowest BCUT2D eigenvalue weighted by atomic mass is 10.0. The zero-order valence-corrected chi connectivity index (χ0v) is 16.1. The Bertz CT molecular complexity index is 905. The number of aliphatic carboxylic acids is 1. The van der Waals surface area contributed by atoms with E-state index in [1.165, 1.54) is 5.56 Å². The highest BCUT2D eigenvalue weighted by atomic mass is 16.5. The lowest BCUT2D eigenvalue weighted by Gasteiger charge is -2.11. The molecular formula is C24H25NO3. The molecule has 0 aliphatic heterocycles. The van der Waals surface area contributed by atoms with Crippen molar-refractivity contribution in [3.8, 4) is 28.3 Å². The van der Waals surface area contributed by atoms with Gasteiger partial charge >= 0.3 is 5.97 Å². The Morgan fingerprint density at radius 2 is 1.64 bits per heavy atom. The van der Waals surface area contributed by atoms with E-state index in [4.69, 9.17) is 9.84 Å². The third-order valence-corrected chi connectivity index (χ3v) is 4.54. The first kappa shape index (κ1) is 19.6. The molecule has 0 amide bonds. The first-order valence-electron chi connectivity index (χ1n) is 9.61. The molecule has 0 radical (unpaired) electrons. The summed E-state index contributed by atoms with van der Waals surface area (Å²) in [6, 6.07) is 22.5. The molecule has 0 atom stereocenters. The van der Waals surface area contributed by atoms with Crippen LogP contribution in [0.25, 0.3) is 22.4 Å². The number of carboxylic acid groups (broad SMARTS) is 1. The van der Waals surface area contributed by atoms with Crippen LogP contribution < -0.4 is 4.74 Å². The minimum absolute atomic E-state index is 0.208. The van der Waals surface area contributed by atoms with E-state index in [-0.39, 0.29) is 6.42 Å². The second kappa shape index (κ2) is 9.70. The maximum absolute atomic E-state index is 10.6. The molecule has 3 rings (SSSR count). The standard InChI is InChI=1S/C24H25NO3/c1-18-11-13-20(14-12-18)22-16-21(19-8-4-2-5-9-19)17-23(25-22)28-15-7-3-6-10-24(26)27/h2,4-5,8-9,11-14,16-17H,3,6-7,10,15H2,1H3,(H,26,27). The van der Waals surface area contributed by atoms with E-state index in [2.05, 4.69) is 54.4 Å². The van der Waals surface area contributed by atoms with Crippen LogP contribution in [0.5, 0.6) is 5.88 Å². The van der Waals surface area contributed by atoms with Gasteiger partial charge in [0.05, 0.1) is 12.3 Å². The van der Waals surface area contributed by atoms with Crippen LogP contribution in [0.4, 0.5) is 0 Å². The molecule has 1 heterocycles. The Morgan fingerprint density at radius 1 is 0.893 bits per heavy atom. The largest absolute Gasteiger partial charge is 0.481 e. The van der Waals surface area contributed by atoms with Crippen LogP contribution in [0.2, 0.25) is 0 Å². The molecule has 0 fully saturated rings. The Kier molecular flexibility index (Phi) is 6.79. The van der Waals surface area contributed by atoms with Crippen LogP contribution in [0.15, 0.2) is 66.7 Å². The lowest BCUT2D eigenvalue weighted by Crippen LogP contribution is -2.01. The minimum atomic E-state index is -0.749. The van der Waals surface area contributed by atoms with Gasteiger partial charge < -0.3 is 9.84 Å². The van der Waals surface area contributed by atoms with E-state index in [1.54, 1.807) is 0 Å². The molecular weight excluding hydrogens is 350 g/mol. The van der Waals surface area contributed by atoms with Crippen LogP contribution in [0.3, 0.4) is 0 Å². The van der Waals surface area contributed by atoms with Gasteiger partial charge in [0, 0.05) is 18.1 Å². The molecule has 1 N–H and O–H groups in total. The summed E-state index contributed by atoms with van der Waals surface area (Å²) in [6.45, 7) is 2.59. The molecule has 2 aromatic carbocycles. The number of rotatable bonds is 9. The zero-order chi connectivity index (χ0) is 19.8. The third kappa shape index (κ3) is 5.68. The van der Waals surface area contributed by atoms with Crippen LogP contribution >= 0.6 is 0 Å². The smallest absolute Gasteiger partial charge is 0.303 e. The van der Waals surface area contributed by atoms with Crippen molar-refractivity contribution in [2.75, 3.05) is 6.61 Å². The molecule has 1 aromatic heterocycles. The summed E-state index contributed by atoms with van der Waals surface area (Å²) >= 11 is 0. The molecule has 0 saturated heterocycles. The van der Waals surface area contributed by atoms with Crippen molar-refractivity contribution >= 4 is 5.97 Å². The second-order valence-corrected chi connectivity index (χ2v) is 6.86. The molecule has 0 bridgehead atoms. The van der Waals surface area contributed by atoms with Gasteiger partial charge in [-0.15, -0.1) is 0 Å². The molecule has 4 heteroatoms. The summed E-state index contributed by atoms with van der Waals surface area (Å²) < 4.78 is 5.90. The van der Waals surface area contributed by atoms with E-state index in [0.717, 1.165) is 35.2 Å². The van der Waals surface area contributed by atoms with Crippen molar-refractivity contribution in [1.82, 2.24) is 4.98 Å². The average Bonchev–Trinajstić information content (AvgIpc) is 2.71. The number of aromatic nitrogens is 1. The number of hydrogen-bond acceptors (Lipinski definition) is 3. The maximum Gasteiger partial charge on any atom is 0.303 e. The zero-order valence-electron chi connectivity index (χ0n) is 16.1. The second-order valence-electron chi connectivity index (χ2n) is 6.86. The number of pyridine rings is 1. The normalized spacial score (nSPS) is 10.6. The highest BCUT2D eigenvalue weighted by Crippen LogP contribution is 2.29. The first-order valence-corrected chi connectivity index (χ1v) is 9.61. The third-order valence-electron chi connectivity index (χ3n) is 4.54. The number of unbranched alkanes of at least 4 members (excludes halogenated alkanes) is 2. The van der Waals surface area contributed by atoms with Gasteiger partial charge in [0.15, 0.2) is 0 Å². The van der Waals surface area contributed by atoms with Crippen LogP contribution in [-0.4, -0.2) is 22.7 Å². The Morgan fingerprint density at radius 3 is 2.36 bits per heavy atom. The van der Waals surface area contributed by atoms with Crippen LogP contribution in [0, 0.1) is 6.92 Å². The van der Waals surface area contributed by atoms with Crippen molar-refractivity contribution in [3.05, 3.63) is 72.3 Å². The first-order chi connectivity index (χ1) is 13.6. The molecule has 0 aliphatic rings. The van der Waals surface area contributed by atoms with Crippen molar-refractivity contribution in [2.45, 2.75) is 32.6 Å². The average molecular weight is 375 g/mol. The number of ether oxygens (including phenoxy) is 1. The van der Waals surface area contributed by atoms with Gasteiger partial charge in [-0.3, -0.25) is 4.79 Å². The molecule has 0 aliphatic carbocycles. The lowest BCUT2D eigenvalue weighted by molar-refractivity contribution is -0.137. The number of carboxylic acids is 1. The highest BCUT2D eigenvalue weighted by molar-refractivity contribution is 5.71. The fraction of sp³-hybridized carbons (Fsp3) is 0.250. The molecule has 3 aromatic rings.